The van der Waals surface area contributed by atoms with Gasteiger partial charge in [-0.3, -0.25) is 0 Å². The maximum Gasteiger partial charge on any atom is 0.106 e. The van der Waals surface area contributed by atoms with Gasteiger partial charge in [0, 0.05) is 17.4 Å². The van der Waals surface area contributed by atoms with Crippen LogP contribution < -0.4 is 0 Å². The third kappa shape index (κ3) is 5.12. The van der Waals surface area contributed by atoms with Crippen molar-refractivity contribution in [3.05, 3.63) is 34.9 Å². The predicted octanol–water partition coefficient (Wildman–Crippen LogP) is 2.22. The second kappa shape index (κ2) is 7.09. The molecule has 0 aliphatic heterocycles. The summed E-state index contributed by atoms with van der Waals surface area (Å²) in [6.45, 7) is 8.24. The fraction of sp³-hybridized carbons (Fsp3) is 0.300. The van der Waals surface area contributed by atoms with Gasteiger partial charge in [0.05, 0.1) is 0 Å². The van der Waals surface area contributed by atoms with Gasteiger partial charge in [-0.15, -0.1) is 0 Å². The summed E-state index contributed by atoms with van der Waals surface area (Å²) >= 11 is 0. The SMILES string of the molecule is C=O.Cc1[c-]c(C)cc(C)c1.[Cr]. The third-order valence-corrected chi connectivity index (χ3v) is 1.28. The molecule has 0 N–H and O–H groups in total. The number of benzene rings is 1. The first-order chi connectivity index (χ1) is 5.18. The molecule has 0 heterocycles. The number of hydrogen-bond donors (Lipinski definition) is 0. The number of aryl methyl sites for hydroxylation is 3. The summed E-state index contributed by atoms with van der Waals surface area (Å²) in [7, 11) is 0. The Morgan fingerprint density at radius 3 is 1.67 bits per heavy atom. The predicted molar refractivity (Wildman–Crippen MR) is 46.6 cm³/mol. The monoisotopic (exact) mass is 201 g/mol. The zero-order valence-electron chi connectivity index (χ0n) is 7.68. The maximum absolute atomic E-state index is 8.00. The molecule has 0 spiro atoms. The summed E-state index contributed by atoms with van der Waals surface area (Å²) < 4.78 is 0. The van der Waals surface area contributed by atoms with Crippen LogP contribution in [0.4, 0.5) is 0 Å². The molecule has 0 fully saturated rings. The first-order valence-corrected chi connectivity index (χ1v) is 3.44. The molecule has 0 saturated carbocycles. The Kier molecular flexibility index (Phi) is 8.26. The Bertz CT molecular complexity index is 183. The van der Waals surface area contributed by atoms with Crippen LogP contribution in [0.3, 0.4) is 0 Å². The van der Waals surface area contributed by atoms with Crippen LogP contribution in [-0.2, 0) is 22.2 Å². The molecule has 0 saturated heterocycles. The number of rotatable bonds is 0. The Hall–Kier alpha value is -0.578. The van der Waals surface area contributed by atoms with Gasteiger partial charge in [-0.05, 0) is 0 Å². The van der Waals surface area contributed by atoms with E-state index in [9.17, 15) is 0 Å². The van der Waals surface area contributed by atoms with Gasteiger partial charge >= 0.3 is 0 Å². The van der Waals surface area contributed by atoms with E-state index in [1.54, 1.807) is 0 Å². The van der Waals surface area contributed by atoms with Gasteiger partial charge in [-0.2, -0.15) is 34.9 Å². The van der Waals surface area contributed by atoms with E-state index in [4.69, 9.17) is 4.79 Å². The zero-order valence-corrected chi connectivity index (χ0v) is 8.95. The van der Waals surface area contributed by atoms with Gasteiger partial charge in [0.15, 0.2) is 0 Å². The number of carbonyl (C=O) groups is 1. The van der Waals surface area contributed by atoms with Crippen molar-refractivity contribution in [2.75, 3.05) is 0 Å². The molecule has 1 nitrogen and oxygen atoms in total. The fourth-order valence-corrected chi connectivity index (χ4v) is 1.11. The Balaban J connectivity index is 0. The van der Waals surface area contributed by atoms with Crippen molar-refractivity contribution in [1.29, 1.82) is 0 Å². The third-order valence-electron chi connectivity index (χ3n) is 1.28. The Morgan fingerprint density at radius 2 is 1.42 bits per heavy atom. The quantitative estimate of drug-likeness (QED) is 0.588. The molecule has 0 amide bonds. The van der Waals surface area contributed by atoms with Crippen molar-refractivity contribution < 1.29 is 22.2 Å². The summed E-state index contributed by atoms with van der Waals surface area (Å²) in [4.78, 5) is 8.00. The van der Waals surface area contributed by atoms with Gasteiger partial charge in [-0.25, -0.2) is 0 Å². The minimum atomic E-state index is 0. The van der Waals surface area contributed by atoms with Crippen molar-refractivity contribution in [1.82, 2.24) is 0 Å². The molecule has 0 aromatic heterocycles. The van der Waals surface area contributed by atoms with Gasteiger partial charge in [0.25, 0.3) is 0 Å². The van der Waals surface area contributed by atoms with E-state index in [-0.39, 0.29) is 17.4 Å². The van der Waals surface area contributed by atoms with Gasteiger partial charge in [0.2, 0.25) is 0 Å². The topological polar surface area (TPSA) is 17.1 Å². The standard InChI is InChI=1S/C9H11.CH2O.Cr/c1-7-4-8(2)6-9(3)5-7;1-2;/h4-5H,1-3H3;1H2;/q-1;;. The molecule has 1 aromatic rings. The molecular formula is C10H13CrO-. The smallest absolute Gasteiger partial charge is 0.106 e. The minimum Gasteiger partial charge on any atom is -0.307 e. The van der Waals surface area contributed by atoms with E-state index in [0.29, 0.717) is 0 Å². The minimum absolute atomic E-state index is 0. The van der Waals surface area contributed by atoms with E-state index in [2.05, 4.69) is 39.0 Å². The van der Waals surface area contributed by atoms with Crippen LogP contribution in [0.25, 0.3) is 0 Å². The summed E-state index contributed by atoms with van der Waals surface area (Å²) in [5.41, 5.74) is 3.78. The number of carbonyl (C=O) groups excluding carboxylic acids is 1. The summed E-state index contributed by atoms with van der Waals surface area (Å²) in [6, 6.07) is 7.47. The van der Waals surface area contributed by atoms with E-state index in [1.807, 2.05) is 6.79 Å². The van der Waals surface area contributed by atoms with Crippen molar-refractivity contribution in [2.24, 2.45) is 0 Å². The molecule has 12 heavy (non-hydrogen) atoms. The van der Waals surface area contributed by atoms with Crippen molar-refractivity contribution in [2.45, 2.75) is 20.8 Å². The summed E-state index contributed by atoms with van der Waals surface area (Å²) in [5, 5.41) is 0. The average Bonchev–Trinajstić information content (AvgIpc) is 1.88. The molecule has 0 radical (unpaired) electrons. The van der Waals surface area contributed by atoms with Crippen LogP contribution in [0.2, 0.25) is 0 Å². The summed E-state index contributed by atoms with van der Waals surface area (Å²) in [5.74, 6) is 0. The molecule has 1 aromatic carbocycles. The molecule has 1 rings (SSSR count). The Morgan fingerprint density at radius 1 is 1.08 bits per heavy atom. The largest absolute Gasteiger partial charge is 0.307 e. The van der Waals surface area contributed by atoms with Gasteiger partial charge < -0.3 is 4.79 Å². The second-order valence-corrected chi connectivity index (χ2v) is 2.52. The Labute approximate surface area is 84.9 Å². The van der Waals surface area contributed by atoms with Gasteiger partial charge in [0.1, 0.15) is 6.79 Å². The molecular weight excluding hydrogens is 188 g/mol. The van der Waals surface area contributed by atoms with Crippen LogP contribution in [0.1, 0.15) is 16.7 Å². The molecule has 66 valence electrons. The van der Waals surface area contributed by atoms with Crippen molar-refractivity contribution >= 4 is 6.79 Å². The van der Waals surface area contributed by atoms with Crippen molar-refractivity contribution in [3.8, 4) is 0 Å². The van der Waals surface area contributed by atoms with Crippen LogP contribution in [0, 0.1) is 26.8 Å². The van der Waals surface area contributed by atoms with E-state index in [1.165, 1.54) is 16.7 Å². The van der Waals surface area contributed by atoms with Crippen molar-refractivity contribution in [3.63, 3.8) is 0 Å². The van der Waals surface area contributed by atoms with Crippen LogP contribution in [-0.4, -0.2) is 6.79 Å². The molecule has 0 unspecified atom stereocenters. The van der Waals surface area contributed by atoms with E-state index >= 15 is 0 Å². The number of hydrogen-bond acceptors (Lipinski definition) is 1. The molecule has 0 aliphatic rings. The zero-order chi connectivity index (χ0) is 8.85. The summed E-state index contributed by atoms with van der Waals surface area (Å²) in [6.07, 6.45) is 0. The molecule has 0 aliphatic carbocycles. The first-order valence-electron chi connectivity index (χ1n) is 3.44. The molecule has 2 heteroatoms. The maximum atomic E-state index is 8.00. The van der Waals surface area contributed by atoms with Crippen LogP contribution in [0.5, 0.6) is 0 Å². The fourth-order valence-electron chi connectivity index (χ4n) is 1.11. The first kappa shape index (κ1) is 14.0. The molecule has 0 bridgehead atoms. The van der Waals surface area contributed by atoms with E-state index in [0.717, 1.165) is 0 Å². The molecule has 0 atom stereocenters. The normalized spacial score (nSPS) is 7.58. The van der Waals surface area contributed by atoms with E-state index < -0.39 is 0 Å². The van der Waals surface area contributed by atoms with Gasteiger partial charge in [-0.1, -0.05) is 20.8 Å². The van der Waals surface area contributed by atoms with Crippen LogP contribution in [0.15, 0.2) is 12.1 Å². The van der Waals surface area contributed by atoms with Crippen LogP contribution >= 0.6 is 0 Å². The average molecular weight is 201 g/mol. The second-order valence-electron chi connectivity index (χ2n) is 2.52.